The van der Waals surface area contributed by atoms with Crippen LogP contribution in [0.1, 0.15) is 49.9 Å². The molecule has 1 aliphatic carbocycles. The average molecular weight is 254 g/mol. The van der Waals surface area contributed by atoms with Crippen molar-refractivity contribution in [3.05, 3.63) is 11.7 Å². The Labute approximate surface area is 105 Å². The Bertz CT molecular complexity index is 399. The molecule has 1 atom stereocenters. The third kappa shape index (κ3) is 3.07. The lowest BCUT2D eigenvalue weighted by atomic mass is 9.85. The van der Waals surface area contributed by atoms with Crippen LogP contribution in [-0.2, 0) is 16.0 Å². The van der Waals surface area contributed by atoms with Gasteiger partial charge in [0.2, 0.25) is 11.7 Å². The molecule has 100 valence electrons. The third-order valence-corrected chi connectivity index (χ3v) is 3.37. The van der Waals surface area contributed by atoms with Crippen LogP contribution in [0, 0.1) is 5.92 Å². The van der Waals surface area contributed by atoms with Gasteiger partial charge in [0.05, 0.1) is 0 Å². The molecule has 1 saturated carbocycles. The van der Waals surface area contributed by atoms with Gasteiger partial charge in [0.25, 0.3) is 0 Å². The zero-order valence-corrected chi connectivity index (χ0v) is 10.5. The average Bonchev–Trinajstić information content (AvgIpc) is 2.79. The zero-order valence-electron chi connectivity index (χ0n) is 10.5. The zero-order chi connectivity index (χ0) is 13.0. The first-order valence-corrected chi connectivity index (χ1v) is 6.27. The molecule has 1 fully saturated rings. The standard InChI is InChI=1S/C12H18N2O4/c1-17-11(8-5-3-2-4-6-8)12-13-9(18-14-12)7-10(15)16/h8,11H,2-7H2,1H3,(H,15,16). The SMILES string of the molecule is COC(c1noc(CC(=O)O)n1)C1CCCCC1. The highest BCUT2D eigenvalue weighted by molar-refractivity contribution is 5.68. The van der Waals surface area contributed by atoms with Crippen molar-refractivity contribution >= 4 is 5.97 Å². The van der Waals surface area contributed by atoms with Crippen LogP contribution < -0.4 is 0 Å². The van der Waals surface area contributed by atoms with Gasteiger partial charge in [0.1, 0.15) is 12.5 Å². The second kappa shape index (κ2) is 5.95. The van der Waals surface area contributed by atoms with Gasteiger partial charge >= 0.3 is 5.97 Å². The number of carboxylic acids is 1. The number of carbonyl (C=O) groups is 1. The molecule has 0 spiro atoms. The third-order valence-electron chi connectivity index (χ3n) is 3.37. The van der Waals surface area contributed by atoms with Crippen LogP contribution in [0.5, 0.6) is 0 Å². The van der Waals surface area contributed by atoms with Crippen molar-refractivity contribution in [2.24, 2.45) is 5.92 Å². The van der Waals surface area contributed by atoms with Gasteiger partial charge in [-0.25, -0.2) is 0 Å². The second-order valence-electron chi connectivity index (χ2n) is 4.67. The molecule has 18 heavy (non-hydrogen) atoms. The lowest BCUT2D eigenvalue weighted by molar-refractivity contribution is -0.136. The lowest BCUT2D eigenvalue weighted by Crippen LogP contribution is -2.19. The molecule has 2 rings (SSSR count). The normalized spacial score (nSPS) is 18.7. The smallest absolute Gasteiger partial charge is 0.312 e. The van der Waals surface area contributed by atoms with Gasteiger partial charge < -0.3 is 14.4 Å². The molecule has 1 aliphatic rings. The fraction of sp³-hybridized carbons (Fsp3) is 0.750. The molecule has 0 amide bonds. The van der Waals surface area contributed by atoms with Gasteiger partial charge in [-0.3, -0.25) is 4.79 Å². The van der Waals surface area contributed by atoms with E-state index in [1.54, 1.807) is 7.11 Å². The summed E-state index contributed by atoms with van der Waals surface area (Å²) in [5.41, 5.74) is 0. The van der Waals surface area contributed by atoms with Crippen molar-refractivity contribution < 1.29 is 19.2 Å². The highest BCUT2D eigenvalue weighted by Crippen LogP contribution is 2.35. The topological polar surface area (TPSA) is 85.5 Å². The quantitative estimate of drug-likeness (QED) is 0.864. The summed E-state index contributed by atoms with van der Waals surface area (Å²) in [6.07, 6.45) is 5.44. The van der Waals surface area contributed by atoms with Crippen LogP contribution in [-0.4, -0.2) is 28.3 Å². The fourth-order valence-corrected chi connectivity index (χ4v) is 2.53. The highest BCUT2D eigenvalue weighted by atomic mass is 16.5. The molecule has 6 nitrogen and oxygen atoms in total. The van der Waals surface area contributed by atoms with Gasteiger partial charge in [-0.2, -0.15) is 4.98 Å². The highest BCUT2D eigenvalue weighted by Gasteiger charge is 2.29. The van der Waals surface area contributed by atoms with E-state index in [9.17, 15) is 4.79 Å². The lowest BCUT2D eigenvalue weighted by Gasteiger charge is -2.26. The molecule has 1 aromatic rings. The molecule has 0 bridgehead atoms. The Morgan fingerprint density at radius 3 is 2.83 bits per heavy atom. The van der Waals surface area contributed by atoms with E-state index in [1.165, 1.54) is 19.3 Å². The van der Waals surface area contributed by atoms with Crippen molar-refractivity contribution in [1.82, 2.24) is 10.1 Å². The molecule has 0 aromatic carbocycles. The minimum absolute atomic E-state index is 0.135. The van der Waals surface area contributed by atoms with Crippen LogP contribution in [0.3, 0.4) is 0 Å². The number of hydrogen-bond donors (Lipinski definition) is 1. The number of rotatable bonds is 5. The Balaban J connectivity index is 2.06. The summed E-state index contributed by atoms with van der Waals surface area (Å²) < 4.78 is 10.4. The van der Waals surface area contributed by atoms with Crippen molar-refractivity contribution in [2.45, 2.75) is 44.6 Å². The van der Waals surface area contributed by atoms with Gasteiger partial charge in [0.15, 0.2) is 0 Å². The minimum Gasteiger partial charge on any atom is -0.481 e. The number of hydrogen-bond acceptors (Lipinski definition) is 5. The molecule has 6 heteroatoms. The maximum atomic E-state index is 10.6. The van der Waals surface area contributed by atoms with Crippen molar-refractivity contribution in [1.29, 1.82) is 0 Å². The van der Waals surface area contributed by atoms with Crippen molar-refractivity contribution in [2.75, 3.05) is 7.11 Å². The monoisotopic (exact) mass is 254 g/mol. The predicted molar refractivity (Wildman–Crippen MR) is 62.0 cm³/mol. The Morgan fingerprint density at radius 2 is 2.22 bits per heavy atom. The van der Waals surface area contributed by atoms with Gasteiger partial charge in [0, 0.05) is 7.11 Å². The first-order chi connectivity index (χ1) is 8.70. The summed E-state index contributed by atoms with van der Waals surface area (Å²) in [6, 6.07) is 0. The fourth-order valence-electron chi connectivity index (χ4n) is 2.53. The second-order valence-corrected chi connectivity index (χ2v) is 4.67. The van der Waals surface area contributed by atoms with Crippen LogP contribution >= 0.6 is 0 Å². The van der Waals surface area contributed by atoms with E-state index in [0.29, 0.717) is 11.7 Å². The molecular weight excluding hydrogens is 236 g/mol. The Kier molecular flexibility index (Phi) is 4.30. The van der Waals surface area contributed by atoms with Crippen molar-refractivity contribution in [3.63, 3.8) is 0 Å². The molecule has 1 heterocycles. The van der Waals surface area contributed by atoms with Gasteiger partial charge in [-0.05, 0) is 18.8 Å². The van der Waals surface area contributed by atoms with Crippen LogP contribution in [0.15, 0.2) is 4.52 Å². The van der Waals surface area contributed by atoms with Crippen LogP contribution in [0.2, 0.25) is 0 Å². The first kappa shape index (κ1) is 13.0. The van der Waals surface area contributed by atoms with Gasteiger partial charge in [-0.15, -0.1) is 0 Å². The van der Waals surface area contributed by atoms with E-state index < -0.39 is 5.97 Å². The maximum absolute atomic E-state index is 10.6. The molecule has 0 radical (unpaired) electrons. The maximum Gasteiger partial charge on any atom is 0.312 e. The largest absolute Gasteiger partial charge is 0.481 e. The minimum atomic E-state index is -0.975. The molecule has 0 aliphatic heterocycles. The summed E-state index contributed by atoms with van der Waals surface area (Å²) in [6.45, 7) is 0. The predicted octanol–water partition coefficient (Wildman–Crippen LogP) is 1.96. The number of nitrogens with zero attached hydrogens (tertiary/aromatic N) is 2. The van der Waals surface area contributed by atoms with Gasteiger partial charge in [-0.1, -0.05) is 24.4 Å². The number of aliphatic carboxylic acids is 1. The summed E-state index contributed by atoms with van der Waals surface area (Å²) in [4.78, 5) is 14.7. The number of carboxylic acid groups (broad SMARTS) is 1. The summed E-state index contributed by atoms with van der Waals surface area (Å²) in [5, 5.41) is 12.5. The number of methoxy groups -OCH3 is 1. The molecular formula is C12H18N2O4. The van der Waals surface area contributed by atoms with Crippen LogP contribution in [0.25, 0.3) is 0 Å². The van der Waals surface area contributed by atoms with E-state index in [2.05, 4.69) is 10.1 Å². The number of aromatic nitrogens is 2. The van der Waals surface area contributed by atoms with E-state index in [4.69, 9.17) is 14.4 Å². The van der Waals surface area contributed by atoms with Crippen LogP contribution in [0.4, 0.5) is 0 Å². The summed E-state index contributed by atoms with van der Waals surface area (Å²) in [7, 11) is 1.63. The van der Waals surface area contributed by atoms with E-state index >= 15 is 0 Å². The summed E-state index contributed by atoms with van der Waals surface area (Å²) in [5.74, 6) is 0.0341. The molecule has 1 N–H and O–H groups in total. The Morgan fingerprint density at radius 1 is 1.50 bits per heavy atom. The van der Waals surface area contributed by atoms with E-state index in [-0.39, 0.29) is 18.4 Å². The first-order valence-electron chi connectivity index (χ1n) is 6.27. The van der Waals surface area contributed by atoms with E-state index in [1.807, 2.05) is 0 Å². The number of ether oxygens (including phenoxy) is 1. The summed E-state index contributed by atoms with van der Waals surface area (Å²) >= 11 is 0. The van der Waals surface area contributed by atoms with E-state index in [0.717, 1.165) is 12.8 Å². The molecule has 1 unspecified atom stereocenters. The Hall–Kier alpha value is -1.43. The molecule has 0 saturated heterocycles. The van der Waals surface area contributed by atoms with Crippen molar-refractivity contribution in [3.8, 4) is 0 Å². The molecule has 1 aromatic heterocycles.